The Kier molecular flexibility index (Phi) is 5.52. The summed E-state index contributed by atoms with van der Waals surface area (Å²) >= 11 is 0. The van der Waals surface area contributed by atoms with Crippen LogP contribution in [0, 0.1) is 0 Å². The average molecular weight is 295 g/mol. The number of rotatable bonds is 3. The maximum absolute atomic E-state index is 12.5. The van der Waals surface area contributed by atoms with E-state index < -0.39 is 36.6 Å². The molecular weight excluding hydrogens is 280 g/mol. The molecule has 0 bridgehead atoms. The van der Waals surface area contributed by atoms with E-state index in [2.05, 4.69) is 4.74 Å². The zero-order chi connectivity index (χ0) is 15.6. The molecule has 0 aliphatic rings. The summed E-state index contributed by atoms with van der Waals surface area (Å²) in [5, 5.41) is 0. The lowest BCUT2D eigenvalue weighted by Gasteiger charge is -2.35. The minimum absolute atomic E-state index is 0.347. The van der Waals surface area contributed by atoms with Crippen molar-refractivity contribution in [3.63, 3.8) is 0 Å². The number of alkyl halides is 6. The van der Waals surface area contributed by atoms with Crippen LogP contribution in [-0.4, -0.2) is 41.5 Å². The van der Waals surface area contributed by atoms with Gasteiger partial charge in [-0.2, -0.15) is 26.3 Å². The van der Waals surface area contributed by atoms with Crippen LogP contribution in [0.15, 0.2) is 0 Å². The number of carbonyl (C=O) groups is 1. The fraction of sp³-hybridized carbons (Fsp3) is 0.900. The molecule has 0 spiro atoms. The van der Waals surface area contributed by atoms with Gasteiger partial charge >= 0.3 is 18.4 Å². The fourth-order valence-corrected chi connectivity index (χ4v) is 1.23. The average Bonchev–Trinajstić information content (AvgIpc) is 2.13. The molecule has 114 valence electrons. The van der Waals surface area contributed by atoms with Crippen molar-refractivity contribution in [3.05, 3.63) is 0 Å². The van der Waals surface area contributed by atoms with Gasteiger partial charge < -0.3 is 4.74 Å². The van der Waals surface area contributed by atoms with Gasteiger partial charge in [-0.25, -0.2) is 4.79 Å². The summed E-state index contributed by atoms with van der Waals surface area (Å²) in [7, 11) is 0. The first kappa shape index (κ1) is 17.8. The summed E-state index contributed by atoms with van der Waals surface area (Å²) in [6.07, 6.45) is -12.4. The highest BCUT2D eigenvalue weighted by Gasteiger charge is 2.51. The second-order valence-electron chi connectivity index (χ2n) is 4.27. The van der Waals surface area contributed by atoms with Gasteiger partial charge in [0.15, 0.2) is 0 Å². The summed E-state index contributed by atoms with van der Waals surface area (Å²) in [6, 6.07) is -5.20. The zero-order valence-corrected chi connectivity index (χ0v) is 10.8. The second kappa shape index (κ2) is 5.87. The van der Waals surface area contributed by atoms with Gasteiger partial charge in [0, 0.05) is 0 Å². The third kappa shape index (κ3) is 5.15. The van der Waals surface area contributed by atoms with E-state index in [-0.39, 0.29) is 4.90 Å². The fourth-order valence-electron chi connectivity index (χ4n) is 1.23. The van der Waals surface area contributed by atoms with Crippen LogP contribution in [0.3, 0.4) is 0 Å². The Labute approximate surface area is 106 Å². The molecule has 0 saturated carbocycles. The van der Waals surface area contributed by atoms with E-state index in [0.29, 0.717) is 13.8 Å². The molecular formula is C10H15F6NO2. The summed E-state index contributed by atoms with van der Waals surface area (Å²) in [6.45, 7) is 3.60. The first-order chi connectivity index (χ1) is 8.28. The van der Waals surface area contributed by atoms with Crippen LogP contribution < -0.4 is 0 Å². The first-order valence-corrected chi connectivity index (χ1v) is 5.40. The van der Waals surface area contributed by atoms with Crippen LogP contribution >= 0.6 is 0 Å². The molecule has 0 rings (SSSR count). The highest BCUT2D eigenvalue weighted by atomic mass is 19.4. The number of halogens is 6. The van der Waals surface area contributed by atoms with Crippen molar-refractivity contribution >= 4 is 6.09 Å². The molecule has 0 radical (unpaired) electrons. The Bertz CT molecular complexity index is 292. The van der Waals surface area contributed by atoms with Crippen LogP contribution in [0.2, 0.25) is 0 Å². The molecule has 9 heteroatoms. The van der Waals surface area contributed by atoms with E-state index in [1.807, 2.05) is 0 Å². The lowest BCUT2D eigenvalue weighted by atomic mass is 10.2. The molecule has 0 aromatic carbocycles. The quantitative estimate of drug-likeness (QED) is 0.742. The molecule has 1 amide bonds. The van der Waals surface area contributed by atoms with E-state index in [9.17, 15) is 31.1 Å². The number of hydrogen-bond donors (Lipinski definition) is 0. The molecule has 0 saturated heterocycles. The van der Waals surface area contributed by atoms with Crippen LogP contribution in [0.5, 0.6) is 0 Å². The molecule has 19 heavy (non-hydrogen) atoms. The minimum atomic E-state index is -4.98. The Morgan fingerprint density at radius 3 is 1.42 bits per heavy atom. The van der Waals surface area contributed by atoms with Gasteiger partial charge in [0.2, 0.25) is 0 Å². The number of nitrogens with zero attached hydrogens (tertiary/aromatic N) is 1. The maximum Gasteiger partial charge on any atom is 0.411 e. The molecule has 0 N–H and O–H groups in total. The summed E-state index contributed by atoms with van der Waals surface area (Å²) in [5.74, 6) is 0. The van der Waals surface area contributed by atoms with Crippen LogP contribution in [0.1, 0.15) is 27.7 Å². The largest absolute Gasteiger partial charge is 0.447 e. The molecule has 0 heterocycles. The van der Waals surface area contributed by atoms with Crippen molar-refractivity contribution in [2.45, 2.75) is 58.2 Å². The Balaban J connectivity index is 5.32. The third-order valence-corrected chi connectivity index (χ3v) is 2.33. The van der Waals surface area contributed by atoms with Gasteiger partial charge in [-0.15, -0.1) is 0 Å². The smallest absolute Gasteiger partial charge is 0.411 e. The van der Waals surface area contributed by atoms with Crippen molar-refractivity contribution in [1.29, 1.82) is 0 Å². The predicted octanol–water partition coefficient (Wildman–Crippen LogP) is 3.74. The van der Waals surface area contributed by atoms with Crippen molar-refractivity contribution < 1.29 is 35.9 Å². The summed E-state index contributed by atoms with van der Waals surface area (Å²) < 4.78 is 79.6. The zero-order valence-electron chi connectivity index (χ0n) is 10.8. The van der Waals surface area contributed by atoms with Crippen molar-refractivity contribution in [1.82, 2.24) is 4.90 Å². The molecule has 2 unspecified atom stereocenters. The molecule has 2 atom stereocenters. The van der Waals surface area contributed by atoms with Crippen molar-refractivity contribution in [3.8, 4) is 0 Å². The predicted molar refractivity (Wildman–Crippen MR) is 54.5 cm³/mol. The van der Waals surface area contributed by atoms with E-state index in [1.165, 1.54) is 13.8 Å². The van der Waals surface area contributed by atoms with E-state index in [4.69, 9.17) is 0 Å². The van der Waals surface area contributed by atoms with E-state index in [0.717, 1.165) is 0 Å². The molecule has 0 aliphatic carbocycles. The minimum Gasteiger partial charge on any atom is -0.447 e. The highest BCUT2D eigenvalue weighted by molar-refractivity contribution is 5.68. The van der Waals surface area contributed by atoms with Gasteiger partial charge in [-0.3, -0.25) is 4.90 Å². The Morgan fingerprint density at radius 1 is 0.895 bits per heavy atom. The maximum atomic E-state index is 12.5. The van der Waals surface area contributed by atoms with E-state index >= 15 is 0 Å². The molecule has 0 aromatic rings. The molecule has 0 aromatic heterocycles. The van der Waals surface area contributed by atoms with Crippen LogP contribution in [0.25, 0.3) is 0 Å². The topological polar surface area (TPSA) is 29.5 Å². The van der Waals surface area contributed by atoms with Crippen LogP contribution in [0.4, 0.5) is 31.1 Å². The molecule has 3 nitrogen and oxygen atoms in total. The van der Waals surface area contributed by atoms with Gasteiger partial charge in [0.25, 0.3) is 0 Å². The highest BCUT2D eigenvalue weighted by Crippen LogP contribution is 2.32. The lowest BCUT2D eigenvalue weighted by molar-refractivity contribution is -0.219. The summed E-state index contributed by atoms with van der Waals surface area (Å²) in [5.41, 5.74) is 0. The number of amides is 1. The number of carbonyl (C=O) groups excluding carboxylic acids is 1. The van der Waals surface area contributed by atoms with E-state index in [1.54, 1.807) is 0 Å². The SMILES string of the molecule is CC(C)OC(=O)N(C(C)C(F)(F)F)C(C)C(F)(F)F. The molecule has 0 fully saturated rings. The van der Waals surface area contributed by atoms with Gasteiger partial charge in [-0.05, 0) is 27.7 Å². The Hall–Kier alpha value is -1.15. The second-order valence-corrected chi connectivity index (χ2v) is 4.27. The van der Waals surface area contributed by atoms with Crippen molar-refractivity contribution in [2.24, 2.45) is 0 Å². The van der Waals surface area contributed by atoms with Gasteiger partial charge in [-0.1, -0.05) is 0 Å². The summed E-state index contributed by atoms with van der Waals surface area (Å²) in [4.78, 5) is 11.1. The van der Waals surface area contributed by atoms with Gasteiger partial charge in [0.05, 0.1) is 6.10 Å². The van der Waals surface area contributed by atoms with Crippen LogP contribution in [-0.2, 0) is 4.74 Å². The number of ether oxygens (including phenoxy) is 1. The van der Waals surface area contributed by atoms with Gasteiger partial charge in [0.1, 0.15) is 12.1 Å². The Morgan fingerprint density at radius 2 is 1.21 bits per heavy atom. The molecule has 0 aliphatic heterocycles. The number of hydrogen-bond acceptors (Lipinski definition) is 2. The monoisotopic (exact) mass is 295 g/mol. The standard InChI is InChI=1S/C10H15F6NO2/c1-5(2)19-8(18)17(6(3)9(11,12)13)7(4)10(14,15)16/h5-7H,1-4H3. The lowest BCUT2D eigenvalue weighted by Crippen LogP contribution is -2.56. The first-order valence-electron chi connectivity index (χ1n) is 5.40. The normalized spacial score (nSPS) is 16.2. The van der Waals surface area contributed by atoms with Crippen molar-refractivity contribution in [2.75, 3.05) is 0 Å². The third-order valence-electron chi connectivity index (χ3n) is 2.33.